The molecule has 0 spiro atoms. The monoisotopic (exact) mass is 323 g/mol. The first-order chi connectivity index (χ1) is 10.0. The molecule has 0 aromatic carbocycles. The molecule has 0 aliphatic carbocycles. The predicted molar refractivity (Wildman–Crippen MR) is 90.1 cm³/mol. The minimum Gasteiger partial charge on any atom is -0.481 e. The molecule has 0 saturated carbocycles. The number of hydrogen-bond donors (Lipinski definition) is 2. The van der Waals surface area contributed by atoms with Crippen molar-refractivity contribution in [3.05, 3.63) is 0 Å². The third kappa shape index (κ3) is 12.5. The van der Waals surface area contributed by atoms with Crippen LogP contribution < -0.4 is 0 Å². The van der Waals surface area contributed by atoms with Crippen molar-refractivity contribution in [2.24, 2.45) is 11.8 Å². The van der Waals surface area contributed by atoms with Crippen molar-refractivity contribution in [2.45, 2.75) is 84.5 Å². The average Bonchev–Trinajstić information content (AvgIpc) is 2.43. The van der Waals surface area contributed by atoms with Crippen LogP contribution in [0.1, 0.15) is 84.5 Å². The first-order valence-corrected chi connectivity index (χ1v) is 8.46. The first-order valence-electron chi connectivity index (χ1n) is 8.46. The Morgan fingerprint density at radius 3 is 1.55 bits per heavy atom. The molecule has 1 radical (unpaired) electrons. The van der Waals surface area contributed by atoms with E-state index in [0.29, 0.717) is 6.42 Å². The maximum Gasteiger partial charge on any atom is 0.307 e. The van der Waals surface area contributed by atoms with E-state index in [9.17, 15) is 9.59 Å². The van der Waals surface area contributed by atoms with Crippen LogP contribution in [0.25, 0.3) is 0 Å². The Hall–Kier alpha value is -0.0600. The van der Waals surface area contributed by atoms with E-state index in [0.717, 1.165) is 19.3 Å². The Kier molecular flexibility index (Phi) is 17.4. The molecule has 2 N–H and O–H groups in total. The van der Waals surface area contributed by atoms with Crippen LogP contribution in [0.4, 0.5) is 0 Å². The number of hydrogen-bond acceptors (Lipinski definition) is 2. The van der Waals surface area contributed by atoms with Gasteiger partial charge in [-0.2, -0.15) is 0 Å². The minimum absolute atomic E-state index is 0. The van der Waals surface area contributed by atoms with Gasteiger partial charge in [-0.15, -0.1) is 0 Å². The quantitative estimate of drug-likeness (QED) is 0.368. The summed E-state index contributed by atoms with van der Waals surface area (Å²) in [5, 5.41) is 18.0. The molecule has 5 heteroatoms. The zero-order chi connectivity index (χ0) is 16.1. The van der Waals surface area contributed by atoms with Crippen molar-refractivity contribution < 1.29 is 19.8 Å². The second-order valence-electron chi connectivity index (χ2n) is 6.04. The van der Waals surface area contributed by atoms with Gasteiger partial charge in [-0.25, -0.2) is 0 Å². The van der Waals surface area contributed by atoms with Crippen molar-refractivity contribution in [3.63, 3.8) is 0 Å². The van der Waals surface area contributed by atoms with Crippen LogP contribution in [-0.2, 0) is 9.59 Å². The third-order valence-electron chi connectivity index (χ3n) is 4.18. The number of carboxylic acids is 2. The molecule has 0 fully saturated rings. The molecule has 125 valence electrons. The average molecular weight is 323 g/mol. The van der Waals surface area contributed by atoms with Crippen molar-refractivity contribution in [1.82, 2.24) is 0 Å². The number of aliphatic carboxylic acids is 2. The SMILES string of the molecule is CCCCCCCCCCCCC(C(=O)O)C(C)C(=O)O.[Na]. The second kappa shape index (κ2) is 15.8. The fraction of sp³-hybridized carbons (Fsp3) is 0.882. The third-order valence-corrected chi connectivity index (χ3v) is 4.18. The van der Waals surface area contributed by atoms with Crippen LogP contribution in [0.3, 0.4) is 0 Å². The minimum atomic E-state index is -1.02. The van der Waals surface area contributed by atoms with E-state index in [1.54, 1.807) is 0 Å². The van der Waals surface area contributed by atoms with Crippen LogP contribution in [0, 0.1) is 11.8 Å². The summed E-state index contributed by atoms with van der Waals surface area (Å²) in [6.45, 7) is 3.70. The van der Waals surface area contributed by atoms with Gasteiger partial charge in [0.2, 0.25) is 0 Å². The molecule has 0 aromatic rings. The van der Waals surface area contributed by atoms with Gasteiger partial charge in [-0.3, -0.25) is 9.59 Å². The number of carboxylic acid groups (broad SMARTS) is 2. The topological polar surface area (TPSA) is 74.6 Å². The summed E-state index contributed by atoms with van der Waals surface area (Å²) in [6, 6.07) is 0. The fourth-order valence-electron chi connectivity index (χ4n) is 2.61. The van der Waals surface area contributed by atoms with Crippen molar-refractivity contribution >= 4 is 41.5 Å². The molecule has 0 saturated heterocycles. The van der Waals surface area contributed by atoms with E-state index in [1.807, 2.05) is 0 Å². The molecule has 0 heterocycles. The Morgan fingerprint density at radius 1 is 0.773 bits per heavy atom. The van der Waals surface area contributed by atoms with Gasteiger partial charge in [0, 0.05) is 29.6 Å². The molecule has 0 aliphatic rings. The van der Waals surface area contributed by atoms with Gasteiger partial charge >= 0.3 is 11.9 Å². The van der Waals surface area contributed by atoms with Crippen LogP contribution in [0.2, 0.25) is 0 Å². The number of carbonyl (C=O) groups is 2. The van der Waals surface area contributed by atoms with Crippen molar-refractivity contribution in [3.8, 4) is 0 Å². The largest absolute Gasteiger partial charge is 0.481 e. The summed E-state index contributed by atoms with van der Waals surface area (Å²) in [7, 11) is 0. The molecule has 0 bridgehead atoms. The Balaban J connectivity index is 0. The molecule has 0 aromatic heterocycles. The Labute approximate surface area is 157 Å². The Bertz CT molecular complexity index is 294. The molecular weight excluding hydrogens is 291 g/mol. The molecule has 0 amide bonds. The van der Waals surface area contributed by atoms with Gasteiger partial charge in [-0.1, -0.05) is 78.1 Å². The molecule has 4 nitrogen and oxygen atoms in total. The fourth-order valence-corrected chi connectivity index (χ4v) is 2.61. The van der Waals surface area contributed by atoms with E-state index >= 15 is 0 Å². The first kappa shape index (κ1) is 24.2. The molecule has 2 atom stereocenters. The van der Waals surface area contributed by atoms with E-state index in [4.69, 9.17) is 10.2 Å². The van der Waals surface area contributed by atoms with E-state index in [-0.39, 0.29) is 29.6 Å². The molecule has 0 rings (SSSR count). The van der Waals surface area contributed by atoms with Crippen LogP contribution in [0.15, 0.2) is 0 Å². The summed E-state index contributed by atoms with van der Waals surface area (Å²) < 4.78 is 0. The second-order valence-corrected chi connectivity index (χ2v) is 6.04. The summed E-state index contributed by atoms with van der Waals surface area (Å²) >= 11 is 0. The van der Waals surface area contributed by atoms with Gasteiger partial charge in [0.05, 0.1) is 11.8 Å². The predicted octanol–water partition coefficient (Wildman–Crippen LogP) is 4.34. The maximum atomic E-state index is 11.1. The normalized spacial score (nSPS) is 13.2. The van der Waals surface area contributed by atoms with Crippen molar-refractivity contribution in [1.29, 1.82) is 0 Å². The smallest absolute Gasteiger partial charge is 0.307 e. The Morgan fingerprint density at radius 2 is 1.18 bits per heavy atom. The molecular formula is C17H32NaO4. The van der Waals surface area contributed by atoms with Crippen molar-refractivity contribution in [2.75, 3.05) is 0 Å². The van der Waals surface area contributed by atoms with Crippen LogP contribution >= 0.6 is 0 Å². The zero-order valence-electron chi connectivity index (χ0n) is 14.6. The van der Waals surface area contributed by atoms with E-state index < -0.39 is 23.8 Å². The standard InChI is InChI=1S/C17H32O4.Na/c1-3-4-5-6-7-8-9-10-11-12-13-15(17(20)21)14(2)16(18)19;/h14-15H,3-13H2,1-2H3,(H,18,19)(H,20,21);. The van der Waals surface area contributed by atoms with E-state index in [2.05, 4.69) is 6.92 Å². The molecule has 0 aliphatic heterocycles. The van der Waals surface area contributed by atoms with Gasteiger partial charge in [0.25, 0.3) is 0 Å². The van der Waals surface area contributed by atoms with Gasteiger partial charge in [-0.05, 0) is 6.42 Å². The summed E-state index contributed by atoms with van der Waals surface area (Å²) in [5.41, 5.74) is 0. The number of rotatable bonds is 14. The molecule has 22 heavy (non-hydrogen) atoms. The summed E-state index contributed by atoms with van der Waals surface area (Å²) in [5.74, 6) is -3.56. The van der Waals surface area contributed by atoms with Gasteiger partial charge in [0.15, 0.2) is 0 Å². The van der Waals surface area contributed by atoms with Crippen LogP contribution in [-0.4, -0.2) is 51.7 Å². The van der Waals surface area contributed by atoms with Gasteiger partial charge < -0.3 is 10.2 Å². The van der Waals surface area contributed by atoms with E-state index in [1.165, 1.54) is 51.9 Å². The van der Waals surface area contributed by atoms with Gasteiger partial charge in [0.1, 0.15) is 0 Å². The summed E-state index contributed by atoms with van der Waals surface area (Å²) in [4.78, 5) is 21.9. The molecule has 2 unspecified atom stereocenters. The zero-order valence-corrected chi connectivity index (χ0v) is 16.6. The number of unbranched alkanes of at least 4 members (excludes halogenated alkanes) is 9. The van der Waals surface area contributed by atoms with Crippen LogP contribution in [0.5, 0.6) is 0 Å². The summed E-state index contributed by atoms with van der Waals surface area (Å²) in [6.07, 6.45) is 12.5. The maximum absolute atomic E-state index is 11.1.